The maximum atomic E-state index is 14.5. The van der Waals surface area contributed by atoms with Crippen LogP contribution in [0.1, 0.15) is 22.8 Å². The van der Waals surface area contributed by atoms with E-state index in [1.54, 1.807) is 47.0 Å². The number of amides is 1. The van der Waals surface area contributed by atoms with Crippen molar-refractivity contribution < 1.29 is 14.0 Å². The molecule has 4 rings (SSSR count). The Morgan fingerprint density at radius 1 is 0.939 bits per heavy atom. The van der Waals surface area contributed by atoms with Gasteiger partial charge in [-0.25, -0.2) is 4.39 Å². The van der Waals surface area contributed by atoms with Crippen molar-refractivity contribution in [3.8, 4) is 11.4 Å². The summed E-state index contributed by atoms with van der Waals surface area (Å²) in [4.78, 5) is 24.4. The summed E-state index contributed by atoms with van der Waals surface area (Å²) in [7, 11) is 0. The molecular formula is C25H21FN4O2S. The van der Waals surface area contributed by atoms with Crippen molar-refractivity contribution >= 4 is 29.1 Å². The highest BCUT2D eigenvalue weighted by atomic mass is 32.2. The maximum Gasteiger partial charge on any atom is 0.234 e. The van der Waals surface area contributed by atoms with Gasteiger partial charge in [-0.1, -0.05) is 66.4 Å². The molecule has 0 aliphatic heterocycles. The Hall–Kier alpha value is -3.78. The van der Waals surface area contributed by atoms with Gasteiger partial charge in [-0.05, 0) is 36.8 Å². The number of benzene rings is 3. The molecule has 0 atom stereocenters. The van der Waals surface area contributed by atoms with Gasteiger partial charge in [0, 0.05) is 5.56 Å². The van der Waals surface area contributed by atoms with Crippen LogP contribution in [0, 0.1) is 5.82 Å². The topological polar surface area (TPSA) is 76.9 Å². The van der Waals surface area contributed by atoms with E-state index in [0.717, 1.165) is 5.56 Å². The summed E-state index contributed by atoms with van der Waals surface area (Å²) in [6.45, 7) is 1.88. The number of ketones is 1. The Morgan fingerprint density at radius 2 is 1.64 bits per heavy atom. The van der Waals surface area contributed by atoms with Gasteiger partial charge >= 0.3 is 0 Å². The molecule has 0 fully saturated rings. The third kappa shape index (κ3) is 5.35. The summed E-state index contributed by atoms with van der Waals surface area (Å²) in [5, 5.41) is 11.7. The lowest BCUT2D eigenvalue weighted by Crippen LogP contribution is -2.16. The predicted octanol–water partition coefficient (Wildman–Crippen LogP) is 5.07. The van der Waals surface area contributed by atoms with Crippen LogP contribution >= 0.6 is 11.8 Å². The number of Topliss-reactive ketones (excluding diaryl/α,β-unsaturated/α-hetero) is 1. The van der Waals surface area contributed by atoms with Gasteiger partial charge in [0.05, 0.1) is 23.5 Å². The van der Waals surface area contributed by atoms with Crippen LogP contribution in [0.25, 0.3) is 11.4 Å². The lowest BCUT2D eigenvalue weighted by Gasteiger charge is -2.12. The van der Waals surface area contributed by atoms with Crippen molar-refractivity contribution in [1.82, 2.24) is 14.8 Å². The number of hydrogen-bond acceptors (Lipinski definition) is 5. The number of carbonyl (C=O) groups is 2. The fourth-order valence-corrected chi connectivity index (χ4v) is 4.10. The molecule has 0 radical (unpaired) electrons. The molecule has 0 spiro atoms. The Balaban J connectivity index is 1.57. The lowest BCUT2D eigenvalue weighted by molar-refractivity contribution is -0.113. The minimum absolute atomic E-state index is 0.0520. The van der Waals surface area contributed by atoms with Crippen LogP contribution in [0.4, 0.5) is 10.1 Å². The van der Waals surface area contributed by atoms with E-state index in [-0.39, 0.29) is 17.4 Å². The van der Waals surface area contributed by atoms with Crippen LogP contribution in [0.3, 0.4) is 0 Å². The van der Waals surface area contributed by atoms with Gasteiger partial charge in [0.25, 0.3) is 0 Å². The largest absolute Gasteiger partial charge is 0.325 e. The van der Waals surface area contributed by atoms with Crippen LogP contribution in [0.15, 0.2) is 84.0 Å². The minimum atomic E-state index is -0.394. The van der Waals surface area contributed by atoms with Crippen molar-refractivity contribution in [2.45, 2.75) is 18.6 Å². The highest BCUT2D eigenvalue weighted by Crippen LogP contribution is 2.27. The second-order valence-corrected chi connectivity index (χ2v) is 8.24. The molecule has 1 N–H and O–H groups in total. The average Bonchev–Trinajstić information content (AvgIpc) is 3.21. The number of hydrogen-bond donors (Lipinski definition) is 1. The van der Waals surface area contributed by atoms with Crippen molar-refractivity contribution in [1.29, 1.82) is 0 Å². The van der Waals surface area contributed by atoms with E-state index in [1.165, 1.54) is 24.8 Å². The lowest BCUT2D eigenvalue weighted by atomic mass is 10.1. The zero-order chi connectivity index (χ0) is 23.2. The van der Waals surface area contributed by atoms with E-state index in [1.807, 2.05) is 30.3 Å². The van der Waals surface area contributed by atoms with E-state index in [2.05, 4.69) is 15.5 Å². The zero-order valence-corrected chi connectivity index (χ0v) is 18.7. The average molecular weight is 461 g/mol. The number of aromatic nitrogens is 3. The SMILES string of the molecule is CC(=O)c1ccccc1NC(=O)CSc1nnc(-c2ccccc2F)n1Cc1ccccc1. The summed E-state index contributed by atoms with van der Waals surface area (Å²) < 4.78 is 16.3. The molecule has 166 valence electrons. The van der Waals surface area contributed by atoms with E-state index < -0.39 is 5.82 Å². The predicted molar refractivity (Wildman–Crippen MR) is 127 cm³/mol. The van der Waals surface area contributed by atoms with Crippen molar-refractivity contribution in [3.05, 3.63) is 95.8 Å². The van der Waals surface area contributed by atoms with E-state index in [4.69, 9.17) is 0 Å². The first-order chi connectivity index (χ1) is 16.0. The smallest absolute Gasteiger partial charge is 0.234 e. The molecule has 0 unspecified atom stereocenters. The molecule has 0 aliphatic rings. The number of nitrogens with zero attached hydrogens (tertiary/aromatic N) is 3. The minimum Gasteiger partial charge on any atom is -0.325 e. The molecule has 1 heterocycles. The monoisotopic (exact) mass is 460 g/mol. The quantitative estimate of drug-likeness (QED) is 0.294. The number of carbonyl (C=O) groups excluding carboxylic acids is 2. The Kier molecular flexibility index (Phi) is 6.95. The number of anilines is 1. The normalized spacial score (nSPS) is 10.7. The van der Waals surface area contributed by atoms with Crippen molar-refractivity contribution in [2.75, 3.05) is 11.1 Å². The van der Waals surface area contributed by atoms with Crippen molar-refractivity contribution in [2.24, 2.45) is 0 Å². The number of thioether (sulfide) groups is 1. The van der Waals surface area contributed by atoms with Gasteiger partial charge in [0.15, 0.2) is 16.8 Å². The fraction of sp³-hybridized carbons (Fsp3) is 0.120. The van der Waals surface area contributed by atoms with Gasteiger partial charge < -0.3 is 5.32 Å². The first kappa shape index (κ1) is 22.4. The highest BCUT2D eigenvalue weighted by Gasteiger charge is 2.19. The zero-order valence-electron chi connectivity index (χ0n) is 17.9. The number of halogens is 1. The third-order valence-corrected chi connectivity index (χ3v) is 5.89. The molecule has 8 heteroatoms. The summed E-state index contributed by atoms with van der Waals surface area (Å²) in [6, 6.07) is 23.0. The molecule has 0 aliphatic carbocycles. The number of para-hydroxylation sites is 1. The fourth-order valence-electron chi connectivity index (χ4n) is 3.36. The van der Waals surface area contributed by atoms with Crippen LogP contribution in [0.2, 0.25) is 0 Å². The molecule has 1 amide bonds. The molecular weight excluding hydrogens is 439 g/mol. The van der Waals surface area contributed by atoms with Gasteiger partial charge in [-0.15, -0.1) is 10.2 Å². The van der Waals surface area contributed by atoms with Gasteiger partial charge in [0.2, 0.25) is 5.91 Å². The third-order valence-electron chi connectivity index (χ3n) is 4.93. The Morgan fingerprint density at radius 3 is 2.39 bits per heavy atom. The second-order valence-electron chi connectivity index (χ2n) is 7.30. The first-order valence-electron chi connectivity index (χ1n) is 10.3. The standard InChI is InChI=1S/C25H21FN4O2S/c1-17(31)19-11-6-8-14-22(19)27-23(32)16-33-25-29-28-24(20-12-5-7-13-21(20)26)30(25)15-18-9-3-2-4-10-18/h2-14H,15-16H2,1H3,(H,27,32). The summed E-state index contributed by atoms with van der Waals surface area (Å²) in [6.07, 6.45) is 0. The van der Waals surface area contributed by atoms with Crippen LogP contribution in [-0.4, -0.2) is 32.2 Å². The molecule has 0 saturated heterocycles. The molecule has 0 saturated carbocycles. The molecule has 4 aromatic rings. The number of rotatable bonds is 8. The van der Waals surface area contributed by atoms with Gasteiger partial charge in [-0.3, -0.25) is 14.2 Å². The summed E-state index contributed by atoms with van der Waals surface area (Å²) in [5.41, 5.74) is 2.25. The molecule has 33 heavy (non-hydrogen) atoms. The van der Waals surface area contributed by atoms with Crippen LogP contribution in [-0.2, 0) is 11.3 Å². The summed E-state index contributed by atoms with van der Waals surface area (Å²) in [5.74, 6) is -0.363. The Labute approximate surface area is 194 Å². The van der Waals surface area contributed by atoms with E-state index in [0.29, 0.717) is 34.3 Å². The van der Waals surface area contributed by atoms with Gasteiger partial charge in [-0.2, -0.15) is 0 Å². The molecule has 1 aromatic heterocycles. The molecule has 6 nitrogen and oxygen atoms in total. The maximum absolute atomic E-state index is 14.5. The molecule has 3 aromatic carbocycles. The van der Waals surface area contributed by atoms with E-state index >= 15 is 0 Å². The molecule has 0 bridgehead atoms. The first-order valence-corrected chi connectivity index (χ1v) is 11.3. The van der Waals surface area contributed by atoms with Crippen LogP contribution < -0.4 is 5.32 Å². The van der Waals surface area contributed by atoms with Crippen molar-refractivity contribution in [3.63, 3.8) is 0 Å². The summed E-state index contributed by atoms with van der Waals surface area (Å²) >= 11 is 1.20. The number of nitrogens with one attached hydrogen (secondary N) is 1. The second kappa shape index (κ2) is 10.2. The van der Waals surface area contributed by atoms with Gasteiger partial charge in [0.1, 0.15) is 5.82 Å². The van der Waals surface area contributed by atoms with Crippen LogP contribution in [0.5, 0.6) is 0 Å². The highest BCUT2D eigenvalue weighted by molar-refractivity contribution is 7.99. The van der Waals surface area contributed by atoms with E-state index in [9.17, 15) is 14.0 Å². The Bertz CT molecular complexity index is 1290.